The topological polar surface area (TPSA) is 75.3 Å². The molecule has 0 fully saturated rings. The Morgan fingerprint density at radius 2 is 2.00 bits per heavy atom. The van der Waals surface area contributed by atoms with Gasteiger partial charge in [-0.15, -0.1) is 0 Å². The van der Waals surface area contributed by atoms with E-state index in [1.165, 1.54) is 6.07 Å². The molecule has 106 valence electrons. The molecule has 0 saturated heterocycles. The minimum Gasteiger partial charge on any atom is -0.338 e. The number of carbonyl (C=O) groups excluding carboxylic acids is 1. The monoisotopic (exact) mass is 324 g/mol. The van der Waals surface area contributed by atoms with E-state index in [1.54, 1.807) is 12.1 Å². The van der Waals surface area contributed by atoms with Gasteiger partial charge in [0.2, 0.25) is 0 Å². The van der Waals surface area contributed by atoms with Crippen molar-refractivity contribution in [3.8, 4) is 0 Å². The van der Waals surface area contributed by atoms with Gasteiger partial charge >= 0.3 is 6.03 Å². The smallest absolute Gasteiger partial charge is 0.319 e. The predicted molar refractivity (Wildman–Crippen MR) is 77.8 cm³/mol. The van der Waals surface area contributed by atoms with E-state index < -0.39 is 15.9 Å². The van der Waals surface area contributed by atoms with Crippen LogP contribution in [0.15, 0.2) is 18.2 Å². The lowest BCUT2D eigenvalue weighted by molar-refractivity contribution is 0.252. The fourth-order valence-electron chi connectivity index (χ4n) is 1.29. The summed E-state index contributed by atoms with van der Waals surface area (Å²) in [6.07, 6.45) is 1.52. The molecule has 0 aliphatic carbocycles. The van der Waals surface area contributed by atoms with Crippen LogP contribution in [0.4, 0.5) is 10.5 Å². The Hall–Kier alpha value is -0.980. The third kappa shape index (κ3) is 6.66. The van der Waals surface area contributed by atoms with Crippen LogP contribution in [-0.4, -0.2) is 33.0 Å². The normalized spacial score (nSPS) is 11.1. The van der Waals surface area contributed by atoms with Crippen molar-refractivity contribution < 1.29 is 13.2 Å². The van der Waals surface area contributed by atoms with Crippen molar-refractivity contribution in [2.75, 3.05) is 23.9 Å². The molecule has 1 rings (SSSR count). The first kappa shape index (κ1) is 16.1. The first-order valence-corrected chi connectivity index (χ1v) is 8.27. The predicted octanol–water partition coefficient (Wildman–Crippen LogP) is 2.55. The van der Waals surface area contributed by atoms with E-state index in [1.807, 2.05) is 0 Å². The summed E-state index contributed by atoms with van der Waals surface area (Å²) >= 11 is 11.6. The van der Waals surface area contributed by atoms with Gasteiger partial charge in [-0.2, -0.15) is 0 Å². The summed E-state index contributed by atoms with van der Waals surface area (Å²) in [4.78, 5) is 11.5. The molecule has 0 aliphatic heterocycles. The lowest BCUT2D eigenvalue weighted by atomic mass is 10.3. The van der Waals surface area contributed by atoms with Crippen molar-refractivity contribution in [2.45, 2.75) is 6.42 Å². The molecule has 0 aliphatic rings. The van der Waals surface area contributed by atoms with Gasteiger partial charge < -0.3 is 10.6 Å². The lowest BCUT2D eigenvalue weighted by Crippen LogP contribution is -2.30. The summed E-state index contributed by atoms with van der Waals surface area (Å²) in [6.45, 7) is 0.268. The molecule has 0 saturated carbocycles. The molecule has 0 unspecified atom stereocenters. The first-order chi connectivity index (χ1) is 8.78. The quantitative estimate of drug-likeness (QED) is 0.817. The number of anilines is 1. The van der Waals surface area contributed by atoms with Crippen LogP contribution in [0.5, 0.6) is 0 Å². The van der Waals surface area contributed by atoms with E-state index in [0.717, 1.165) is 6.26 Å². The van der Waals surface area contributed by atoms with Crippen LogP contribution in [0.1, 0.15) is 6.42 Å². The van der Waals surface area contributed by atoms with Crippen LogP contribution in [0, 0.1) is 0 Å². The van der Waals surface area contributed by atoms with Gasteiger partial charge in [-0.1, -0.05) is 23.2 Å². The van der Waals surface area contributed by atoms with Crippen molar-refractivity contribution in [3.63, 3.8) is 0 Å². The van der Waals surface area contributed by atoms with E-state index in [0.29, 0.717) is 22.2 Å². The summed E-state index contributed by atoms with van der Waals surface area (Å²) in [5.41, 5.74) is 0.437. The summed E-state index contributed by atoms with van der Waals surface area (Å²) in [7, 11) is -3.00. The Morgan fingerprint density at radius 1 is 1.32 bits per heavy atom. The maximum atomic E-state index is 11.5. The molecule has 0 radical (unpaired) electrons. The average molecular weight is 325 g/mol. The molecule has 5 nitrogen and oxygen atoms in total. The minimum atomic E-state index is -3.00. The molecule has 19 heavy (non-hydrogen) atoms. The number of halogens is 2. The highest BCUT2D eigenvalue weighted by Gasteiger charge is 2.06. The SMILES string of the molecule is CS(=O)(=O)CCCNC(=O)Nc1ccc(Cl)cc1Cl. The molecule has 0 atom stereocenters. The molecule has 1 aromatic carbocycles. The van der Waals surface area contributed by atoms with Crippen LogP contribution >= 0.6 is 23.2 Å². The van der Waals surface area contributed by atoms with Crippen LogP contribution in [0.25, 0.3) is 0 Å². The van der Waals surface area contributed by atoms with E-state index in [-0.39, 0.29) is 12.3 Å². The lowest BCUT2D eigenvalue weighted by Gasteiger charge is -2.09. The Morgan fingerprint density at radius 3 is 2.58 bits per heavy atom. The third-order valence-electron chi connectivity index (χ3n) is 2.16. The number of urea groups is 1. The van der Waals surface area contributed by atoms with Crippen LogP contribution in [-0.2, 0) is 9.84 Å². The summed E-state index contributed by atoms with van der Waals surface area (Å²) in [5.74, 6) is 0.0367. The second kappa shape index (κ2) is 6.98. The molecule has 0 spiro atoms. The Kier molecular flexibility index (Phi) is 5.90. The fraction of sp³-hybridized carbons (Fsp3) is 0.364. The molecule has 0 aromatic heterocycles. The Labute approximate surface area is 122 Å². The van der Waals surface area contributed by atoms with Crippen LogP contribution < -0.4 is 10.6 Å². The second-order valence-corrected chi connectivity index (χ2v) is 7.09. The van der Waals surface area contributed by atoms with Gasteiger partial charge in [0.05, 0.1) is 16.5 Å². The first-order valence-electron chi connectivity index (χ1n) is 5.45. The van der Waals surface area contributed by atoms with Crippen molar-refractivity contribution in [3.05, 3.63) is 28.2 Å². The number of hydrogen-bond donors (Lipinski definition) is 2. The van der Waals surface area contributed by atoms with Gasteiger partial charge in [0, 0.05) is 17.8 Å². The van der Waals surface area contributed by atoms with Crippen molar-refractivity contribution in [1.29, 1.82) is 0 Å². The molecule has 0 heterocycles. The Balaban J connectivity index is 2.39. The molecule has 1 aromatic rings. The van der Waals surface area contributed by atoms with Gasteiger partial charge in [0.25, 0.3) is 0 Å². The number of carbonyl (C=O) groups is 1. The van der Waals surface area contributed by atoms with Crippen molar-refractivity contribution in [2.24, 2.45) is 0 Å². The Bertz CT molecular complexity index is 561. The highest BCUT2D eigenvalue weighted by Crippen LogP contribution is 2.25. The highest BCUT2D eigenvalue weighted by molar-refractivity contribution is 7.90. The molecular weight excluding hydrogens is 311 g/mol. The number of sulfone groups is 1. The number of benzene rings is 1. The van der Waals surface area contributed by atoms with Crippen LogP contribution in [0.3, 0.4) is 0 Å². The van der Waals surface area contributed by atoms with E-state index in [4.69, 9.17) is 23.2 Å². The van der Waals surface area contributed by atoms with Crippen molar-refractivity contribution >= 4 is 44.8 Å². The molecule has 0 bridgehead atoms. The van der Waals surface area contributed by atoms with Gasteiger partial charge in [0.1, 0.15) is 9.84 Å². The zero-order valence-electron chi connectivity index (χ0n) is 10.2. The summed E-state index contributed by atoms with van der Waals surface area (Å²) < 4.78 is 21.8. The minimum absolute atomic E-state index is 0.0367. The molecule has 8 heteroatoms. The van der Waals surface area contributed by atoms with E-state index >= 15 is 0 Å². The maximum absolute atomic E-state index is 11.5. The summed E-state index contributed by atoms with van der Waals surface area (Å²) in [6, 6.07) is 4.26. The maximum Gasteiger partial charge on any atom is 0.319 e. The largest absolute Gasteiger partial charge is 0.338 e. The second-order valence-electron chi connectivity index (χ2n) is 3.99. The number of amides is 2. The number of nitrogens with one attached hydrogen (secondary N) is 2. The fourth-order valence-corrected chi connectivity index (χ4v) is 2.42. The zero-order valence-corrected chi connectivity index (χ0v) is 12.6. The summed E-state index contributed by atoms with van der Waals surface area (Å²) in [5, 5.41) is 5.89. The van der Waals surface area contributed by atoms with Gasteiger partial charge in [-0.3, -0.25) is 0 Å². The third-order valence-corrected chi connectivity index (χ3v) is 3.73. The molecule has 2 N–H and O–H groups in total. The van der Waals surface area contributed by atoms with Gasteiger partial charge in [-0.25, -0.2) is 13.2 Å². The van der Waals surface area contributed by atoms with Gasteiger partial charge in [-0.05, 0) is 24.6 Å². The average Bonchev–Trinajstić information content (AvgIpc) is 2.27. The highest BCUT2D eigenvalue weighted by atomic mass is 35.5. The van der Waals surface area contributed by atoms with E-state index in [9.17, 15) is 13.2 Å². The van der Waals surface area contributed by atoms with Gasteiger partial charge in [0.15, 0.2) is 0 Å². The number of rotatable bonds is 5. The molecular formula is C11H14Cl2N2O3S. The van der Waals surface area contributed by atoms with Crippen molar-refractivity contribution in [1.82, 2.24) is 5.32 Å². The standard InChI is InChI=1S/C11H14Cl2N2O3S/c1-19(17,18)6-2-5-14-11(16)15-10-4-3-8(12)7-9(10)13/h3-4,7H,2,5-6H2,1H3,(H2,14,15,16). The van der Waals surface area contributed by atoms with E-state index in [2.05, 4.69) is 10.6 Å². The number of hydrogen-bond acceptors (Lipinski definition) is 3. The molecule has 2 amide bonds. The zero-order chi connectivity index (χ0) is 14.5. The van der Waals surface area contributed by atoms with Crippen LogP contribution in [0.2, 0.25) is 10.0 Å².